The van der Waals surface area contributed by atoms with Crippen LogP contribution in [0.2, 0.25) is 5.02 Å². The molecular weight excluding hydrogens is 308 g/mol. The fraction of sp³-hybridized carbons (Fsp3) is 0. The minimum absolute atomic E-state index is 0.617. The number of rotatable bonds is 2. The summed E-state index contributed by atoms with van der Waals surface area (Å²) in [7, 11) is 0. The molecule has 3 aromatic heterocycles. The van der Waals surface area contributed by atoms with Gasteiger partial charge in [-0.05, 0) is 36.4 Å². The van der Waals surface area contributed by atoms with Gasteiger partial charge in [-0.2, -0.15) is 0 Å². The Hall–Kier alpha value is -2.85. The van der Waals surface area contributed by atoms with Crippen LogP contribution in [0, 0.1) is 0 Å². The Morgan fingerprint density at radius 2 is 1.70 bits per heavy atom. The minimum Gasteiger partial charge on any atom is -0.256 e. The smallest absolute Gasteiger partial charge is 0.178 e. The maximum Gasteiger partial charge on any atom is 0.178 e. The van der Waals surface area contributed by atoms with Gasteiger partial charge in [-0.15, -0.1) is 0 Å². The summed E-state index contributed by atoms with van der Waals surface area (Å²) in [6.45, 7) is 0. The van der Waals surface area contributed by atoms with E-state index in [4.69, 9.17) is 11.6 Å². The molecule has 0 aliphatic rings. The minimum atomic E-state index is 0.617. The molecule has 0 aliphatic carbocycles. The van der Waals surface area contributed by atoms with E-state index in [1.165, 1.54) is 0 Å². The highest BCUT2D eigenvalue weighted by molar-refractivity contribution is 6.30. The molecule has 0 amide bonds. The third-order valence-corrected chi connectivity index (χ3v) is 3.75. The first-order valence-electron chi connectivity index (χ1n) is 7.10. The van der Waals surface area contributed by atoms with Crippen LogP contribution in [0.25, 0.3) is 33.7 Å². The third-order valence-electron chi connectivity index (χ3n) is 3.51. The summed E-state index contributed by atoms with van der Waals surface area (Å²) in [6, 6.07) is 15.4. The molecule has 23 heavy (non-hydrogen) atoms. The van der Waals surface area contributed by atoms with Crippen molar-refractivity contribution in [1.29, 1.82) is 0 Å². The number of hydrogen-bond acceptors (Lipinski definition) is 4. The molecule has 110 valence electrons. The van der Waals surface area contributed by atoms with Gasteiger partial charge >= 0.3 is 0 Å². The van der Waals surface area contributed by atoms with Crippen LogP contribution in [0.5, 0.6) is 0 Å². The molecule has 0 unspecified atom stereocenters. The lowest BCUT2D eigenvalue weighted by Gasteiger charge is -2.09. The van der Waals surface area contributed by atoms with E-state index in [2.05, 4.69) is 19.9 Å². The molecule has 0 atom stereocenters. The van der Waals surface area contributed by atoms with Crippen molar-refractivity contribution in [1.82, 2.24) is 19.9 Å². The molecule has 0 radical (unpaired) electrons. The molecule has 0 saturated carbocycles. The molecule has 1 aromatic carbocycles. The molecule has 0 spiro atoms. The first-order chi connectivity index (χ1) is 11.3. The van der Waals surface area contributed by atoms with E-state index in [9.17, 15) is 0 Å². The highest BCUT2D eigenvalue weighted by Gasteiger charge is 2.11. The van der Waals surface area contributed by atoms with Crippen LogP contribution in [0.4, 0.5) is 0 Å². The second kappa shape index (κ2) is 5.74. The highest BCUT2D eigenvalue weighted by Crippen LogP contribution is 2.30. The molecule has 4 rings (SSSR count). The van der Waals surface area contributed by atoms with Crippen molar-refractivity contribution in [2.24, 2.45) is 0 Å². The van der Waals surface area contributed by atoms with Crippen LogP contribution in [0.1, 0.15) is 0 Å². The lowest BCUT2D eigenvalue weighted by molar-refractivity contribution is 1.22. The monoisotopic (exact) mass is 318 g/mol. The zero-order valence-corrected chi connectivity index (χ0v) is 12.8. The molecule has 0 fully saturated rings. The Kier molecular flexibility index (Phi) is 3.44. The Morgan fingerprint density at radius 1 is 0.783 bits per heavy atom. The highest BCUT2D eigenvalue weighted by atomic mass is 35.5. The standard InChI is InChI=1S/C18H11ClN4/c19-13-4-1-3-12(11-13)17-14(5-2-8-21-17)15-6-7-16-18(23-15)22-10-9-20-16/h1-11H. The lowest BCUT2D eigenvalue weighted by Crippen LogP contribution is -1.93. The number of pyridine rings is 2. The zero-order chi connectivity index (χ0) is 15.6. The fourth-order valence-corrected chi connectivity index (χ4v) is 2.67. The third kappa shape index (κ3) is 2.64. The maximum atomic E-state index is 6.11. The first-order valence-corrected chi connectivity index (χ1v) is 7.48. The van der Waals surface area contributed by atoms with Crippen molar-refractivity contribution in [3.05, 3.63) is 72.1 Å². The number of benzene rings is 1. The van der Waals surface area contributed by atoms with Crippen LogP contribution < -0.4 is 0 Å². The van der Waals surface area contributed by atoms with Crippen molar-refractivity contribution >= 4 is 22.8 Å². The van der Waals surface area contributed by atoms with Gasteiger partial charge in [0, 0.05) is 34.7 Å². The van der Waals surface area contributed by atoms with Gasteiger partial charge in [0.25, 0.3) is 0 Å². The van der Waals surface area contributed by atoms with Crippen LogP contribution in [-0.2, 0) is 0 Å². The van der Waals surface area contributed by atoms with Gasteiger partial charge in [-0.3, -0.25) is 9.97 Å². The van der Waals surface area contributed by atoms with E-state index in [1.54, 1.807) is 18.6 Å². The Bertz CT molecular complexity index is 1000. The van der Waals surface area contributed by atoms with Gasteiger partial charge in [-0.25, -0.2) is 9.97 Å². The number of fused-ring (bicyclic) bond motifs is 1. The number of halogens is 1. The van der Waals surface area contributed by atoms with Crippen LogP contribution >= 0.6 is 11.6 Å². The fourth-order valence-electron chi connectivity index (χ4n) is 2.48. The summed E-state index contributed by atoms with van der Waals surface area (Å²) >= 11 is 6.11. The van der Waals surface area contributed by atoms with Crippen molar-refractivity contribution in [3.8, 4) is 22.5 Å². The quantitative estimate of drug-likeness (QED) is 0.549. The van der Waals surface area contributed by atoms with Gasteiger partial charge in [0.15, 0.2) is 5.65 Å². The van der Waals surface area contributed by atoms with Crippen LogP contribution in [0.15, 0.2) is 67.1 Å². The largest absolute Gasteiger partial charge is 0.256 e. The molecular formula is C18H11ClN4. The topological polar surface area (TPSA) is 51.6 Å². The average molecular weight is 319 g/mol. The van der Waals surface area contributed by atoms with Gasteiger partial charge in [0.1, 0.15) is 5.52 Å². The van der Waals surface area contributed by atoms with E-state index in [1.807, 2.05) is 48.5 Å². The SMILES string of the molecule is Clc1cccc(-c2ncccc2-c2ccc3nccnc3n2)c1. The summed E-state index contributed by atoms with van der Waals surface area (Å²) in [5, 5.41) is 0.677. The molecule has 4 aromatic rings. The van der Waals surface area contributed by atoms with Gasteiger partial charge < -0.3 is 0 Å². The van der Waals surface area contributed by atoms with Crippen molar-refractivity contribution in [3.63, 3.8) is 0 Å². The van der Waals surface area contributed by atoms with E-state index < -0.39 is 0 Å². The maximum absolute atomic E-state index is 6.11. The second-order valence-electron chi connectivity index (χ2n) is 5.01. The summed E-state index contributed by atoms with van der Waals surface area (Å²) in [5.41, 5.74) is 4.92. The molecule has 0 aliphatic heterocycles. The molecule has 5 heteroatoms. The number of hydrogen-bond donors (Lipinski definition) is 0. The molecule has 0 N–H and O–H groups in total. The summed E-state index contributed by atoms with van der Waals surface area (Å²) in [6.07, 6.45) is 5.06. The van der Waals surface area contributed by atoms with Gasteiger partial charge in [0.05, 0.1) is 11.4 Å². The summed E-state index contributed by atoms with van der Waals surface area (Å²) < 4.78 is 0. The van der Waals surface area contributed by atoms with Crippen molar-refractivity contribution < 1.29 is 0 Å². The van der Waals surface area contributed by atoms with Crippen LogP contribution in [-0.4, -0.2) is 19.9 Å². The Labute approximate surface area is 137 Å². The molecule has 0 saturated heterocycles. The van der Waals surface area contributed by atoms with Gasteiger partial charge in [-0.1, -0.05) is 23.7 Å². The number of aromatic nitrogens is 4. The molecule has 4 nitrogen and oxygen atoms in total. The summed E-state index contributed by atoms with van der Waals surface area (Å²) in [4.78, 5) is 17.6. The average Bonchev–Trinajstić information content (AvgIpc) is 2.61. The molecule has 3 heterocycles. The normalized spacial score (nSPS) is 10.8. The predicted octanol–water partition coefficient (Wildman–Crippen LogP) is 4.41. The van der Waals surface area contributed by atoms with Crippen LogP contribution in [0.3, 0.4) is 0 Å². The summed E-state index contributed by atoms with van der Waals surface area (Å²) in [5.74, 6) is 0. The van der Waals surface area contributed by atoms with E-state index in [0.29, 0.717) is 10.7 Å². The Balaban J connectivity index is 1.91. The van der Waals surface area contributed by atoms with E-state index >= 15 is 0 Å². The first kappa shape index (κ1) is 13.8. The number of nitrogens with zero attached hydrogens (tertiary/aromatic N) is 4. The van der Waals surface area contributed by atoms with E-state index in [0.717, 1.165) is 28.0 Å². The van der Waals surface area contributed by atoms with Gasteiger partial charge in [0.2, 0.25) is 0 Å². The van der Waals surface area contributed by atoms with Crippen molar-refractivity contribution in [2.75, 3.05) is 0 Å². The second-order valence-corrected chi connectivity index (χ2v) is 5.44. The zero-order valence-electron chi connectivity index (χ0n) is 12.0. The molecule has 0 bridgehead atoms. The Morgan fingerprint density at radius 3 is 2.61 bits per heavy atom. The van der Waals surface area contributed by atoms with Crippen molar-refractivity contribution in [2.45, 2.75) is 0 Å². The lowest BCUT2D eigenvalue weighted by atomic mass is 10.0. The van der Waals surface area contributed by atoms with E-state index in [-0.39, 0.29) is 0 Å². The predicted molar refractivity (Wildman–Crippen MR) is 91.0 cm³/mol.